The zero-order chi connectivity index (χ0) is 27.4. The third-order valence-corrected chi connectivity index (χ3v) is 3.99. The minimum Gasteiger partial charge on any atom is -0.479 e. The van der Waals surface area contributed by atoms with Gasteiger partial charge in [0.2, 0.25) is 0 Å². The number of carboxylic acid groups (broad SMARTS) is 2. The lowest BCUT2D eigenvalue weighted by molar-refractivity contribution is -0.166. The Morgan fingerprint density at radius 2 is 0.784 bits per heavy atom. The van der Waals surface area contributed by atoms with E-state index in [9.17, 15) is 28.8 Å². The Morgan fingerprint density at radius 3 is 1.03 bits per heavy atom. The van der Waals surface area contributed by atoms with E-state index in [4.69, 9.17) is 30.6 Å². The minimum absolute atomic E-state index is 0. The minimum atomic E-state index is -2.35. The van der Waals surface area contributed by atoms with E-state index in [-0.39, 0.29) is 16.6 Å². The van der Waals surface area contributed by atoms with Crippen LogP contribution in [0.4, 0.5) is 0 Å². The normalized spacial score (nSPS) is 13.1. The van der Waals surface area contributed by atoms with Crippen molar-refractivity contribution in [2.24, 2.45) is 0 Å². The fraction of sp³-hybridized carbons (Fsp3) is 0.182. The highest BCUT2D eigenvalue weighted by Gasteiger charge is 2.33. The average molecular weight is 526 g/mol. The number of hydrogen-bond acceptors (Lipinski definition) is 12. The third kappa shape index (κ3) is 10.3. The summed E-state index contributed by atoms with van der Waals surface area (Å²) >= 11 is 0. The van der Waals surface area contributed by atoms with Crippen LogP contribution < -0.4 is 0 Å². The number of aliphatic hydroxyl groups is 4. The Hall–Kier alpha value is -4.54. The highest BCUT2D eigenvalue weighted by molar-refractivity contribution is 5.99. The smallest absolute Gasteiger partial charge is 0.346 e. The number of rotatable bonds is 8. The van der Waals surface area contributed by atoms with Crippen molar-refractivity contribution in [1.82, 2.24) is 0 Å². The quantitative estimate of drug-likeness (QED) is 0.154. The summed E-state index contributed by atoms with van der Waals surface area (Å²) in [6.45, 7) is 0. The van der Waals surface area contributed by atoms with Gasteiger partial charge in [-0.3, -0.25) is 0 Å². The second kappa shape index (κ2) is 15.5. The fourth-order valence-corrected chi connectivity index (χ4v) is 2.10. The van der Waals surface area contributed by atoms with Crippen LogP contribution in [0.15, 0.2) is 60.7 Å². The molecule has 15 heteroatoms. The number of esters is 4. The number of carbonyl (C=O) groups is 6. The van der Waals surface area contributed by atoms with Gasteiger partial charge in [0.1, 0.15) is 0 Å². The first kappa shape index (κ1) is 32.5. The maximum Gasteiger partial charge on any atom is 0.346 e. The Morgan fingerprint density at radius 1 is 0.514 bits per heavy atom. The van der Waals surface area contributed by atoms with Crippen molar-refractivity contribution in [2.45, 2.75) is 24.4 Å². The number of ether oxygens (including phenoxy) is 2. The monoisotopic (exact) mass is 526 g/mol. The van der Waals surface area contributed by atoms with E-state index in [1.165, 1.54) is 48.5 Å². The van der Waals surface area contributed by atoms with Gasteiger partial charge in [0.05, 0.1) is 11.1 Å². The van der Waals surface area contributed by atoms with Gasteiger partial charge in [0, 0.05) is 0 Å². The van der Waals surface area contributed by atoms with Gasteiger partial charge >= 0.3 is 35.8 Å². The molecule has 4 unspecified atom stereocenters. The maximum absolute atomic E-state index is 11.4. The van der Waals surface area contributed by atoms with Crippen molar-refractivity contribution >= 4 is 35.8 Å². The van der Waals surface area contributed by atoms with Crippen LogP contribution in [0.2, 0.25) is 0 Å². The van der Waals surface area contributed by atoms with Gasteiger partial charge in [-0.15, -0.1) is 0 Å². The molecule has 0 radical (unpaired) electrons. The Balaban J connectivity index is 0.000000682. The van der Waals surface area contributed by atoms with Crippen molar-refractivity contribution in [3.63, 3.8) is 0 Å². The molecule has 37 heavy (non-hydrogen) atoms. The lowest BCUT2D eigenvalue weighted by Crippen LogP contribution is -2.41. The molecule has 0 aliphatic rings. The summed E-state index contributed by atoms with van der Waals surface area (Å²) < 4.78 is 8.44. The molecule has 0 aliphatic heterocycles. The second-order valence-corrected chi connectivity index (χ2v) is 6.60. The molecule has 0 saturated heterocycles. The van der Waals surface area contributed by atoms with Crippen molar-refractivity contribution in [1.29, 1.82) is 0 Å². The van der Waals surface area contributed by atoms with Crippen molar-refractivity contribution in [3.8, 4) is 0 Å². The molecule has 15 nitrogen and oxygen atoms in total. The van der Waals surface area contributed by atoms with Gasteiger partial charge in [-0.2, -0.15) is 0 Å². The summed E-state index contributed by atoms with van der Waals surface area (Å²) in [5.41, 5.74) is 0.116. The van der Waals surface area contributed by atoms with Gasteiger partial charge in [-0.1, -0.05) is 36.4 Å². The predicted octanol–water partition coefficient (Wildman–Crippen LogP) is -2.47. The Kier molecular flexibility index (Phi) is 13.6. The summed E-state index contributed by atoms with van der Waals surface area (Å²) in [7, 11) is 0. The van der Waals surface area contributed by atoms with Gasteiger partial charge in [0.25, 0.3) is 0 Å². The van der Waals surface area contributed by atoms with Crippen LogP contribution >= 0.6 is 0 Å². The zero-order valence-corrected chi connectivity index (χ0v) is 18.5. The Labute approximate surface area is 207 Å². The first-order valence-corrected chi connectivity index (χ1v) is 9.66. The van der Waals surface area contributed by atoms with E-state index in [0.717, 1.165) is 0 Å². The van der Waals surface area contributed by atoms with Gasteiger partial charge in [-0.05, 0) is 24.3 Å². The van der Waals surface area contributed by atoms with Gasteiger partial charge < -0.3 is 45.6 Å². The SMILES string of the molecule is O.O=C(OC(=O)C(O)C(O)C(=O)O)c1ccccc1.O=C(OC(=O)C(O)C(O)C(=O)O)c1ccccc1. The van der Waals surface area contributed by atoms with E-state index < -0.39 is 60.2 Å². The third-order valence-electron chi connectivity index (χ3n) is 3.99. The molecule has 200 valence electrons. The molecule has 0 aromatic heterocycles. The van der Waals surface area contributed by atoms with Crippen LogP contribution in [0.3, 0.4) is 0 Å². The van der Waals surface area contributed by atoms with E-state index in [1.54, 1.807) is 12.1 Å². The first-order valence-electron chi connectivity index (χ1n) is 9.66. The summed E-state index contributed by atoms with van der Waals surface area (Å²) in [6, 6.07) is 14.9. The average Bonchev–Trinajstić information content (AvgIpc) is 2.87. The molecule has 4 atom stereocenters. The standard InChI is InChI=1S/2C11H10O7.H2O/c2*12-7(9(14)15)8(13)11(17)18-10(16)6-4-2-1-3-5-6;/h2*1-5,7-8,12-13H,(H,14,15);1H2. The molecule has 0 amide bonds. The highest BCUT2D eigenvalue weighted by atomic mass is 16.6. The first-order chi connectivity index (χ1) is 16.9. The lowest BCUT2D eigenvalue weighted by Gasteiger charge is -2.11. The molecule has 2 rings (SSSR count). The van der Waals surface area contributed by atoms with E-state index in [0.29, 0.717) is 0 Å². The van der Waals surface area contributed by atoms with E-state index in [1.807, 2.05) is 0 Å². The zero-order valence-electron chi connectivity index (χ0n) is 18.5. The number of aliphatic hydroxyl groups excluding tert-OH is 4. The van der Waals surface area contributed by atoms with Crippen molar-refractivity contribution in [2.75, 3.05) is 0 Å². The topological polar surface area (TPSA) is 274 Å². The number of benzene rings is 2. The molecule has 0 spiro atoms. The predicted molar refractivity (Wildman–Crippen MR) is 117 cm³/mol. The molecule has 2 aromatic carbocycles. The second-order valence-electron chi connectivity index (χ2n) is 6.60. The van der Waals surface area contributed by atoms with Crippen molar-refractivity contribution < 1.29 is 74.4 Å². The van der Waals surface area contributed by atoms with Crippen LogP contribution in [-0.4, -0.2) is 96.3 Å². The maximum atomic E-state index is 11.4. The van der Waals surface area contributed by atoms with Gasteiger partial charge in [0.15, 0.2) is 24.4 Å². The van der Waals surface area contributed by atoms with E-state index in [2.05, 4.69) is 9.47 Å². The molecule has 8 N–H and O–H groups in total. The summed E-state index contributed by atoms with van der Waals surface area (Å²) in [5, 5.41) is 52.7. The number of carboxylic acids is 2. The van der Waals surface area contributed by atoms with E-state index >= 15 is 0 Å². The molecular weight excluding hydrogens is 504 g/mol. The van der Waals surface area contributed by atoms with Crippen molar-refractivity contribution in [3.05, 3.63) is 71.8 Å². The highest BCUT2D eigenvalue weighted by Crippen LogP contribution is 2.05. The summed E-state index contributed by atoms with van der Waals surface area (Å²) in [4.78, 5) is 65.6. The molecular formula is C22H22O15. The van der Waals surface area contributed by atoms with Crippen LogP contribution in [0, 0.1) is 0 Å². The number of carbonyl (C=O) groups excluding carboxylic acids is 4. The number of hydrogen-bond donors (Lipinski definition) is 6. The molecule has 0 fully saturated rings. The van der Waals surface area contributed by atoms with Crippen LogP contribution in [-0.2, 0) is 28.7 Å². The fourth-order valence-electron chi connectivity index (χ4n) is 2.10. The summed E-state index contributed by atoms with van der Waals surface area (Å²) in [5.74, 6) is -8.75. The largest absolute Gasteiger partial charge is 0.479 e. The molecule has 0 saturated carbocycles. The molecule has 0 aliphatic carbocycles. The lowest BCUT2D eigenvalue weighted by atomic mass is 10.2. The molecule has 2 aromatic rings. The number of aliphatic carboxylic acids is 2. The Bertz CT molecular complexity index is 996. The van der Waals surface area contributed by atoms with Gasteiger partial charge in [-0.25, -0.2) is 28.8 Å². The molecule has 0 heterocycles. The van der Waals surface area contributed by atoms with Crippen LogP contribution in [0.25, 0.3) is 0 Å². The van der Waals surface area contributed by atoms with Crippen LogP contribution in [0.1, 0.15) is 20.7 Å². The molecule has 0 bridgehead atoms. The van der Waals surface area contributed by atoms with Crippen LogP contribution in [0.5, 0.6) is 0 Å². The summed E-state index contributed by atoms with van der Waals surface area (Å²) in [6.07, 6.45) is -9.34.